The van der Waals surface area contributed by atoms with E-state index in [0.717, 1.165) is 36.0 Å². The van der Waals surface area contributed by atoms with Crippen molar-refractivity contribution in [2.75, 3.05) is 43.1 Å². The number of anilines is 2. The maximum absolute atomic E-state index is 13.3. The Labute approximate surface area is 167 Å². The molecule has 4 rings (SSSR count). The van der Waals surface area contributed by atoms with Gasteiger partial charge < -0.3 is 19.9 Å². The van der Waals surface area contributed by atoms with Crippen molar-refractivity contribution < 1.29 is 13.9 Å². The molecule has 0 saturated carbocycles. The van der Waals surface area contributed by atoms with Crippen LogP contribution in [0.1, 0.15) is 17.1 Å². The number of hydrogen-bond acceptors (Lipinski definition) is 5. The first-order valence-corrected chi connectivity index (χ1v) is 9.59. The number of nitrogens with one attached hydrogen (secondary N) is 1. The number of rotatable bonds is 2. The normalized spacial score (nSPS) is 16.7. The molecule has 1 aromatic heterocycles. The van der Waals surface area contributed by atoms with Gasteiger partial charge in [-0.1, -0.05) is 11.6 Å². The predicted molar refractivity (Wildman–Crippen MR) is 104 cm³/mol. The molecule has 0 aliphatic carbocycles. The molecule has 0 unspecified atom stereocenters. The summed E-state index contributed by atoms with van der Waals surface area (Å²) < 4.78 is 18.8. The van der Waals surface area contributed by atoms with Gasteiger partial charge in [0.15, 0.2) is 0 Å². The molecule has 1 N–H and O–H groups in total. The quantitative estimate of drug-likeness (QED) is 0.831. The van der Waals surface area contributed by atoms with Gasteiger partial charge in [0.25, 0.3) is 0 Å². The summed E-state index contributed by atoms with van der Waals surface area (Å²) in [6.45, 7) is 5.71. The van der Waals surface area contributed by atoms with Crippen molar-refractivity contribution in [1.29, 1.82) is 0 Å². The number of benzene rings is 1. The number of aryl methyl sites for hydroxylation is 1. The number of halogens is 2. The van der Waals surface area contributed by atoms with Crippen LogP contribution >= 0.6 is 11.6 Å². The molecule has 0 bridgehead atoms. The maximum atomic E-state index is 13.3. The first kappa shape index (κ1) is 18.9. The molecule has 0 atom stereocenters. The van der Waals surface area contributed by atoms with Crippen molar-refractivity contribution >= 4 is 29.1 Å². The van der Waals surface area contributed by atoms with Crippen LogP contribution in [0.15, 0.2) is 18.2 Å². The van der Waals surface area contributed by atoms with E-state index in [0.29, 0.717) is 38.4 Å². The van der Waals surface area contributed by atoms with E-state index in [1.165, 1.54) is 18.2 Å². The standard InChI is InChI=1S/C19H21ClFN5O2/c1-12-22-17-4-5-26(19(27)24-13-2-3-16(21)15(20)10-13)11-14(17)18(23-12)25-6-8-28-9-7-25/h2-3,10H,4-9,11H2,1H3,(H,24,27). The smallest absolute Gasteiger partial charge is 0.322 e. The third kappa shape index (κ3) is 3.88. The highest BCUT2D eigenvalue weighted by Crippen LogP contribution is 2.28. The Hall–Kier alpha value is -2.45. The summed E-state index contributed by atoms with van der Waals surface area (Å²) in [7, 11) is 0. The number of amides is 2. The Bertz CT molecular complexity index is 904. The molecule has 2 aliphatic heterocycles. The molecule has 0 spiro atoms. The molecule has 2 amide bonds. The van der Waals surface area contributed by atoms with Gasteiger partial charge in [0, 0.05) is 37.3 Å². The monoisotopic (exact) mass is 405 g/mol. The SMILES string of the molecule is Cc1nc2c(c(N3CCOCC3)n1)CN(C(=O)Nc1ccc(F)c(Cl)c1)CC2. The number of morpholine rings is 1. The summed E-state index contributed by atoms with van der Waals surface area (Å²) in [5, 5.41) is 2.75. The molecule has 1 aromatic carbocycles. The molecule has 1 fully saturated rings. The fourth-order valence-electron chi connectivity index (χ4n) is 3.50. The Morgan fingerprint density at radius 1 is 1.25 bits per heavy atom. The summed E-state index contributed by atoms with van der Waals surface area (Å²) in [6.07, 6.45) is 0.660. The van der Waals surface area contributed by atoms with E-state index in [1.807, 2.05) is 6.92 Å². The summed E-state index contributed by atoms with van der Waals surface area (Å²) in [5.74, 6) is 1.10. The highest BCUT2D eigenvalue weighted by Gasteiger charge is 2.28. The molecule has 28 heavy (non-hydrogen) atoms. The Morgan fingerprint density at radius 3 is 2.79 bits per heavy atom. The zero-order valence-electron chi connectivity index (χ0n) is 15.5. The predicted octanol–water partition coefficient (Wildman–Crippen LogP) is 3.00. The second-order valence-corrected chi connectivity index (χ2v) is 7.26. The summed E-state index contributed by atoms with van der Waals surface area (Å²) in [5.41, 5.74) is 2.42. The van der Waals surface area contributed by atoms with Gasteiger partial charge in [0.2, 0.25) is 0 Å². The topological polar surface area (TPSA) is 70.6 Å². The second kappa shape index (κ2) is 7.89. The molecule has 3 heterocycles. The number of aromatic nitrogens is 2. The van der Waals surface area contributed by atoms with Crippen molar-refractivity contribution in [2.45, 2.75) is 19.9 Å². The molecular formula is C19H21ClFN5O2. The van der Waals surface area contributed by atoms with Crippen LogP contribution < -0.4 is 10.2 Å². The van der Waals surface area contributed by atoms with E-state index in [4.69, 9.17) is 16.3 Å². The minimum absolute atomic E-state index is 0.0275. The van der Waals surface area contributed by atoms with Crippen LogP contribution in [0, 0.1) is 12.7 Å². The maximum Gasteiger partial charge on any atom is 0.322 e. The number of ether oxygens (including phenoxy) is 1. The summed E-state index contributed by atoms with van der Waals surface area (Å²) >= 11 is 5.80. The third-order valence-electron chi connectivity index (χ3n) is 4.92. The molecule has 9 heteroatoms. The highest BCUT2D eigenvalue weighted by atomic mass is 35.5. The number of carbonyl (C=O) groups is 1. The van der Waals surface area contributed by atoms with Crippen LogP contribution in [-0.2, 0) is 17.7 Å². The third-order valence-corrected chi connectivity index (χ3v) is 5.21. The average molecular weight is 406 g/mol. The highest BCUT2D eigenvalue weighted by molar-refractivity contribution is 6.31. The fourth-order valence-corrected chi connectivity index (χ4v) is 3.68. The lowest BCUT2D eigenvalue weighted by molar-refractivity contribution is 0.122. The van der Waals surface area contributed by atoms with Crippen LogP contribution in [-0.4, -0.2) is 53.7 Å². The molecule has 0 radical (unpaired) electrons. The molecule has 148 valence electrons. The fraction of sp³-hybridized carbons (Fsp3) is 0.421. The minimum atomic E-state index is -0.519. The lowest BCUT2D eigenvalue weighted by Gasteiger charge is -2.34. The van der Waals surface area contributed by atoms with E-state index in [1.54, 1.807) is 4.90 Å². The Morgan fingerprint density at radius 2 is 2.04 bits per heavy atom. The van der Waals surface area contributed by atoms with Gasteiger partial charge in [-0.05, 0) is 25.1 Å². The van der Waals surface area contributed by atoms with Crippen LogP contribution in [0.3, 0.4) is 0 Å². The first-order valence-electron chi connectivity index (χ1n) is 9.21. The lowest BCUT2D eigenvalue weighted by Crippen LogP contribution is -2.42. The van der Waals surface area contributed by atoms with E-state index in [2.05, 4.69) is 20.2 Å². The van der Waals surface area contributed by atoms with Crippen molar-refractivity contribution in [1.82, 2.24) is 14.9 Å². The van der Waals surface area contributed by atoms with E-state index in [9.17, 15) is 9.18 Å². The zero-order valence-corrected chi connectivity index (χ0v) is 16.3. The Kier molecular flexibility index (Phi) is 5.32. The molecule has 1 saturated heterocycles. The average Bonchev–Trinajstić information content (AvgIpc) is 2.70. The van der Waals surface area contributed by atoms with Crippen LogP contribution in [0.5, 0.6) is 0 Å². The van der Waals surface area contributed by atoms with Crippen LogP contribution in [0.2, 0.25) is 5.02 Å². The van der Waals surface area contributed by atoms with Gasteiger partial charge in [-0.2, -0.15) is 0 Å². The van der Waals surface area contributed by atoms with Gasteiger partial charge in [-0.25, -0.2) is 19.2 Å². The van der Waals surface area contributed by atoms with E-state index >= 15 is 0 Å². The Balaban J connectivity index is 1.54. The van der Waals surface area contributed by atoms with Gasteiger partial charge in [-0.3, -0.25) is 0 Å². The van der Waals surface area contributed by atoms with E-state index in [-0.39, 0.29) is 11.1 Å². The van der Waals surface area contributed by atoms with Gasteiger partial charge in [0.1, 0.15) is 17.5 Å². The molecule has 7 nitrogen and oxygen atoms in total. The lowest BCUT2D eigenvalue weighted by atomic mass is 10.1. The summed E-state index contributed by atoms with van der Waals surface area (Å²) in [4.78, 5) is 25.9. The van der Waals surface area contributed by atoms with Gasteiger partial charge in [0.05, 0.1) is 30.5 Å². The second-order valence-electron chi connectivity index (χ2n) is 6.85. The zero-order chi connectivity index (χ0) is 19.7. The van der Waals surface area contributed by atoms with Crippen LogP contribution in [0.4, 0.5) is 20.7 Å². The molecule has 2 aromatic rings. The first-order chi connectivity index (χ1) is 13.5. The largest absolute Gasteiger partial charge is 0.378 e. The molecular weight excluding hydrogens is 385 g/mol. The van der Waals surface area contributed by atoms with Gasteiger partial charge in [-0.15, -0.1) is 0 Å². The number of carbonyl (C=O) groups excluding carboxylic acids is 1. The van der Waals surface area contributed by atoms with Gasteiger partial charge >= 0.3 is 6.03 Å². The van der Waals surface area contributed by atoms with E-state index < -0.39 is 5.82 Å². The molecule has 2 aliphatic rings. The van der Waals surface area contributed by atoms with Crippen molar-refractivity contribution in [3.05, 3.63) is 46.1 Å². The summed E-state index contributed by atoms with van der Waals surface area (Å²) in [6, 6.07) is 3.86. The number of fused-ring (bicyclic) bond motifs is 1. The van der Waals surface area contributed by atoms with Crippen molar-refractivity contribution in [3.8, 4) is 0 Å². The van der Waals surface area contributed by atoms with Crippen molar-refractivity contribution in [2.24, 2.45) is 0 Å². The van der Waals surface area contributed by atoms with Crippen LogP contribution in [0.25, 0.3) is 0 Å². The number of hydrogen-bond donors (Lipinski definition) is 1. The number of urea groups is 1. The minimum Gasteiger partial charge on any atom is -0.378 e. The number of nitrogens with zero attached hydrogens (tertiary/aromatic N) is 4. The van der Waals surface area contributed by atoms with Crippen molar-refractivity contribution in [3.63, 3.8) is 0 Å².